The Bertz CT molecular complexity index is 207. The molecule has 2 nitrogen and oxygen atoms in total. The normalized spacial score (nSPS) is 19.9. The van der Waals surface area contributed by atoms with Gasteiger partial charge in [0.25, 0.3) is 0 Å². The Morgan fingerprint density at radius 1 is 1.15 bits per heavy atom. The Morgan fingerprint density at radius 2 is 1.62 bits per heavy atom. The van der Waals surface area contributed by atoms with Gasteiger partial charge in [-0.05, 0) is 12.8 Å². The molecule has 0 amide bonds. The maximum atomic E-state index is 12.4. The summed E-state index contributed by atoms with van der Waals surface area (Å²) in [6.45, 7) is 6.29. The monoisotopic (exact) mass is 201 g/mol. The number of allylic oxidation sites excluding steroid dienone is 2. The lowest BCUT2D eigenvalue weighted by atomic mass is 10.4. The highest BCUT2D eigenvalue weighted by Crippen LogP contribution is 2.52. The summed E-state index contributed by atoms with van der Waals surface area (Å²) in [5.41, 5.74) is 0. The Hall–Kier alpha value is -0.0700. The maximum absolute atomic E-state index is 12.4. The molecule has 1 aliphatic rings. The van der Waals surface area contributed by atoms with E-state index >= 15 is 0 Å². The van der Waals surface area contributed by atoms with E-state index in [-0.39, 0.29) is 0 Å². The minimum absolute atomic E-state index is 0.799. The fourth-order valence-electron chi connectivity index (χ4n) is 1.78. The zero-order valence-corrected chi connectivity index (χ0v) is 9.59. The highest BCUT2D eigenvalue weighted by atomic mass is 31.2. The summed E-state index contributed by atoms with van der Waals surface area (Å²) in [5.74, 6) is 0. The highest BCUT2D eigenvalue weighted by Gasteiger charge is 2.29. The van der Waals surface area contributed by atoms with Crippen molar-refractivity contribution in [1.29, 1.82) is 0 Å². The molecule has 0 aliphatic carbocycles. The summed E-state index contributed by atoms with van der Waals surface area (Å²) < 4.78 is 14.6. The van der Waals surface area contributed by atoms with Gasteiger partial charge in [-0.1, -0.05) is 26.0 Å². The Morgan fingerprint density at radius 3 is 2.00 bits per heavy atom. The topological polar surface area (TPSA) is 20.3 Å². The summed E-state index contributed by atoms with van der Waals surface area (Å²) in [6, 6.07) is 0. The van der Waals surface area contributed by atoms with E-state index in [4.69, 9.17) is 0 Å². The average Bonchev–Trinajstić information content (AvgIpc) is 2.53. The second-order valence-electron chi connectivity index (χ2n) is 3.64. The van der Waals surface area contributed by atoms with Gasteiger partial charge in [0.2, 0.25) is 0 Å². The highest BCUT2D eigenvalue weighted by molar-refractivity contribution is 7.62. The van der Waals surface area contributed by atoms with Gasteiger partial charge >= 0.3 is 0 Å². The van der Waals surface area contributed by atoms with Crippen LogP contribution in [-0.4, -0.2) is 30.1 Å². The van der Waals surface area contributed by atoms with Crippen LogP contribution in [0.5, 0.6) is 0 Å². The zero-order valence-electron chi connectivity index (χ0n) is 8.70. The van der Waals surface area contributed by atoms with Gasteiger partial charge in [-0.3, -0.25) is 4.67 Å². The number of nitrogens with zero attached hydrogens (tertiary/aromatic N) is 1. The van der Waals surface area contributed by atoms with E-state index in [1.807, 2.05) is 0 Å². The molecule has 1 rings (SSSR count). The molecule has 76 valence electrons. The van der Waals surface area contributed by atoms with Crippen LogP contribution < -0.4 is 0 Å². The van der Waals surface area contributed by atoms with Crippen molar-refractivity contribution in [3.63, 3.8) is 0 Å². The first-order valence-corrected chi connectivity index (χ1v) is 7.24. The minimum Gasteiger partial charge on any atom is -0.306 e. The van der Waals surface area contributed by atoms with E-state index in [1.54, 1.807) is 0 Å². The molecule has 0 aromatic carbocycles. The third-order valence-electron chi connectivity index (χ3n) is 2.43. The Labute approximate surface area is 81.4 Å². The van der Waals surface area contributed by atoms with Crippen LogP contribution in [0.1, 0.15) is 26.7 Å². The van der Waals surface area contributed by atoms with E-state index in [0.29, 0.717) is 0 Å². The van der Waals surface area contributed by atoms with Crippen LogP contribution >= 0.6 is 7.29 Å². The van der Waals surface area contributed by atoms with Gasteiger partial charge in [0.1, 0.15) is 0 Å². The molecule has 0 unspecified atom stereocenters. The van der Waals surface area contributed by atoms with Crippen LogP contribution in [0, 0.1) is 0 Å². The van der Waals surface area contributed by atoms with Crippen molar-refractivity contribution in [2.45, 2.75) is 26.7 Å². The van der Waals surface area contributed by atoms with E-state index in [9.17, 15) is 4.57 Å². The summed E-state index contributed by atoms with van der Waals surface area (Å²) in [4.78, 5) is 0. The minimum atomic E-state index is -1.99. The van der Waals surface area contributed by atoms with Crippen LogP contribution in [0.3, 0.4) is 0 Å². The van der Waals surface area contributed by atoms with E-state index in [1.165, 1.54) is 0 Å². The molecule has 1 aliphatic heterocycles. The molecule has 0 saturated carbocycles. The van der Waals surface area contributed by atoms with Crippen molar-refractivity contribution in [1.82, 2.24) is 4.67 Å². The molecule has 0 N–H and O–H groups in total. The lowest BCUT2D eigenvalue weighted by molar-refractivity contribution is 0.412. The molecule has 0 aromatic heterocycles. The SMILES string of the molecule is CCCN(CCC)P1(=O)CC=CC1. The molecule has 3 heteroatoms. The van der Waals surface area contributed by atoms with E-state index < -0.39 is 7.29 Å². The predicted molar refractivity (Wildman–Crippen MR) is 58.6 cm³/mol. The van der Waals surface area contributed by atoms with Crippen LogP contribution in [0.25, 0.3) is 0 Å². The number of hydrogen-bond donors (Lipinski definition) is 0. The first-order valence-electron chi connectivity index (χ1n) is 5.21. The Kier molecular flexibility index (Phi) is 4.21. The average molecular weight is 201 g/mol. The maximum Gasteiger partial charge on any atom is 0.157 e. The molecular formula is C10H20NOP. The Balaban J connectivity index is 2.57. The van der Waals surface area contributed by atoms with Gasteiger partial charge in [0.05, 0.1) is 0 Å². The predicted octanol–water partition coefficient (Wildman–Crippen LogP) is 2.96. The second-order valence-corrected chi connectivity index (χ2v) is 6.63. The van der Waals surface area contributed by atoms with Crippen LogP contribution in [0.4, 0.5) is 0 Å². The third kappa shape index (κ3) is 2.69. The zero-order chi connectivity index (χ0) is 9.73. The first kappa shape index (κ1) is 11.0. The molecule has 0 atom stereocenters. The molecule has 0 bridgehead atoms. The smallest absolute Gasteiger partial charge is 0.157 e. The number of rotatable bonds is 5. The summed E-state index contributed by atoms with van der Waals surface area (Å²) in [6.07, 6.45) is 7.94. The second kappa shape index (κ2) is 4.97. The molecular weight excluding hydrogens is 181 g/mol. The van der Waals surface area contributed by atoms with Gasteiger partial charge in [0.15, 0.2) is 7.29 Å². The molecule has 0 aromatic rings. The van der Waals surface area contributed by atoms with E-state index in [2.05, 4.69) is 30.7 Å². The van der Waals surface area contributed by atoms with Gasteiger partial charge in [0, 0.05) is 25.4 Å². The lowest BCUT2D eigenvalue weighted by Crippen LogP contribution is -2.23. The fourth-order valence-corrected chi connectivity index (χ4v) is 4.47. The van der Waals surface area contributed by atoms with Gasteiger partial charge in [-0.25, -0.2) is 0 Å². The van der Waals surface area contributed by atoms with Crippen LogP contribution in [0.2, 0.25) is 0 Å². The summed E-state index contributed by atoms with van der Waals surface area (Å²) >= 11 is 0. The number of hydrogen-bond acceptors (Lipinski definition) is 1. The standard InChI is InChI=1S/C10H20NOP/c1-3-7-11(8-4-2)13(12)9-5-6-10-13/h5-6H,3-4,7-10H2,1-2H3. The largest absolute Gasteiger partial charge is 0.306 e. The fraction of sp³-hybridized carbons (Fsp3) is 0.800. The molecule has 0 spiro atoms. The van der Waals surface area contributed by atoms with Crippen molar-refractivity contribution < 1.29 is 4.57 Å². The van der Waals surface area contributed by atoms with Crippen molar-refractivity contribution >= 4 is 7.29 Å². The van der Waals surface area contributed by atoms with Gasteiger partial charge in [-0.2, -0.15) is 0 Å². The molecule has 0 saturated heterocycles. The quantitative estimate of drug-likeness (QED) is 0.503. The van der Waals surface area contributed by atoms with Crippen molar-refractivity contribution in [2.24, 2.45) is 0 Å². The van der Waals surface area contributed by atoms with Crippen LogP contribution in [0.15, 0.2) is 12.2 Å². The molecule has 1 heterocycles. The summed E-state index contributed by atoms with van der Waals surface area (Å²) in [5, 5.41) is 0. The van der Waals surface area contributed by atoms with E-state index in [0.717, 1.165) is 38.3 Å². The van der Waals surface area contributed by atoms with Crippen molar-refractivity contribution in [3.05, 3.63) is 12.2 Å². The summed E-state index contributed by atoms with van der Waals surface area (Å²) in [7, 11) is -1.99. The van der Waals surface area contributed by atoms with Crippen molar-refractivity contribution in [3.8, 4) is 0 Å². The molecule has 0 radical (unpaired) electrons. The van der Waals surface area contributed by atoms with Gasteiger partial charge in [-0.15, -0.1) is 0 Å². The first-order chi connectivity index (χ1) is 6.23. The van der Waals surface area contributed by atoms with Crippen molar-refractivity contribution in [2.75, 3.05) is 25.4 Å². The molecule has 13 heavy (non-hydrogen) atoms. The third-order valence-corrected chi connectivity index (χ3v) is 5.42. The van der Waals surface area contributed by atoms with Crippen LogP contribution in [-0.2, 0) is 4.57 Å². The molecule has 0 fully saturated rings. The van der Waals surface area contributed by atoms with Gasteiger partial charge < -0.3 is 4.57 Å². The lowest BCUT2D eigenvalue weighted by Gasteiger charge is -2.28.